The molecule has 0 radical (unpaired) electrons. The predicted octanol–water partition coefficient (Wildman–Crippen LogP) is 1.98. The van der Waals surface area contributed by atoms with Gasteiger partial charge in [0.1, 0.15) is 0 Å². The van der Waals surface area contributed by atoms with Crippen molar-refractivity contribution in [1.29, 1.82) is 0 Å². The molecule has 0 fully saturated rings. The van der Waals surface area contributed by atoms with E-state index >= 15 is 0 Å². The van der Waals surface area contributed by atoms with Crippen LogP contribution < -0.4 is 0 Å². The second-order valence-corrected chi connectivity index (χ2v) is 2.07. The molecule has 0 N–H and O–H groups in total. The van der Waals surface area contributed by atoms with E-state index in [0.717, 1.165) is 0 Å². The maximum atomic E-state index is 9.65. The Labute approximate surface area is 62.3 Å². The Balaban J connectivity index is 0. The number of rotatable bonds is 1. The smallest absolute Gasteiger partial charge is 0.254 e. The van der Waals surface area contributed by atoms with E-state index in [1.807, 2.05) is 0 Å². The Morgan fingerprint density at radius 1 is 1.43 bits per heavy atom. The number of alkyl halides is 2. The van der Waals surface area contributed by atoms with E-state index in [4.69, 9.17) is 34.8 Å². The average Bonchev–Trinajstić information content (AvgIpc) is 1.36. The summed E-state index contributed by atoms with van der Waals surface area (Å²) in [6.07, 6.45) is 0. The van der Waals surface area contributed by atoms with E-state index in [1.54, 1.807) is 0 Å². The van der Waals surface area contributed by atoms with E-state index in [1.165, 1.54) is 0 Å². The maximum Gasteiger partial charge on any atom is 0.254 e. The van der Waals surface area contributed by atoms with Crippen molar-refractivity contribution < 1.29 is 4.79 Å². The molecule has 7 heavy (non-hydrogen) atoms. The summed E-state index contributed by atoms with van der Waals surface area (Å²) in [5, 5.41) is -0.738. The van der Waals surface area contributed by atoms with Crippen molar-refractivity contribution in [3.8, 4) is 0 Å². The first-order valence-corrected chi connectivity index (χ1v) is 2.37. The highest BCUT2D eigenvalue weighted by atomic mass is 35.5. The molecule has 0 rings (SSSR count). The van der Waals surface area contributed by atoms with Crippen molar-refractivity contribution in [3.05, 3.63) is 0 Å². The van der Waals surface area contributed by atoms with Gasteiger partial charge < -0.3 is 0 Å². The molecule has 0 aliphatic heterocycles. The zero-order chi connectivity index (χ0) is 5.15. The van der Waals surface area contributed by atoms with Crippen LogP contribution in [0.5, 0.6) is 0 Å². The number of hydrogen-bond acceptors (Lipinski definition) is 1. The van der Waals surface area contributed by atoms with Gasteiger partial charge in [0.05, 0.1) is 0 Å². The van der Waals surface area contributed by atoms with Crippen LogP contribution in [0.4, 0.5) is 0 Å². The molecule has 1 nitrogen and oxygen atoms in total. The predicted molar refractivity (Wildman–Crippen MR) is 33.6 cm³/mol. The summed E-state index contributed by atoms with van der Waals surface area (Å²) in [7, 11) is 0. The van der Waals surface area contributed by atoms with Gasteiger partial charge in [-0.1, -0.05) is 23.2 Å². The standard InChI is InChI=1S/C2HCl3O.ClH/c3-1(4)2(5)6;/h1H;1H. The Kier molecular flexibility index (Phi) is 7.64. The fraction of sp³-hybridized carbons (Fsp3) is 0.500. The summed E-state index contributed by atoms with van der Waals surface area (Å²) in [5.74, 6) is 0. The van der Waals surface area contributed by atoms with Gasteiger partial charge in [0.2, 0.25) is 0 Å². The quantitative estimate of drug-likeness (QED) is 0.449. The lowest BCUT2D eigenvalue weighted by atomic mass is 10.9. The molecule has 0 saturated carbocycles. The van der Waals surface area contributed by atoms with Crippen molar-refractivity contribution in [3.63, 3.8) is 0 Å². The van der Waals surface area contributed by atoms with Crippen molar-refractivity contribution in [2.24, 2.45) is 0 Å². The molecule has 0 aromatic rings. The summed E-state index contributed by atoms with van der Waals surface area (Å²) in [4.78, 5) is 8.57. The summed E-state index contributed by atoms with van der Waals surface area (Å²) >= 11 is 14.5. The fourth-order valence-electron chi connectivity index (χ4n) is 0. The molecule has 0 aliphatic rings. The van der Waals surface area contributed by atoms with Crippen LogP contribution in [-0.4, -0.2) is 10.1 Å². The van der Waals surface area contributed by atoms with Crippen LogP contribution in [-0.2, 0) is 4.79 Å². The second kappa shape index (κ2) is 4.98. The highest BCUT2D eigenvalue weighted by Crippen LogP contribution is 2.03. The Morgan fingerprint density at radius 3 is 1.57 bits per heavy atom. The van der Waals surface area contributed by atoms with Gasteiger partial charge >= 0.3 is 0 Å². The van der Waals surface area contributed by atoms with Crippen LogP contribution in [0.15, 0.2) is 0 Å². The SMILES string of the molecule is Cl.O=C(Cl)C(Cl)Cl. The largest absolute Gasteiger partial charge is 0.278 e. The Hall–Kier alpha value is 0.830. The molecule has 0 bridgehead atoms. The Bertz CT molecular complexity index is 60.7. The van der Waals surface area contributed by atoms with Gasteiger partial charge in [0, 0.05) is 0 Å². The van der Waals surface area contributed by atoms with E-state index in [-0.39, 0.29) is 12.4 Å². The van der Waals surface area contributed by atoms with Crippen LogP contribution in [0.1, 0.15) is 0 Å². The zero-order valence-electron chi connectivity index (χ0n) is 3.03. The zero-order valence-corrected chi connectivity index (χ0v) is 6.11. The second-order valence-electron chi connectivity index (χ2n) is 0.605. The molecule has 0 atom stereocenters. The lowest BCUT2D eigenvalue weighted by Crippen LogP contribution is -1.95. The van der Waals surface area contributed by atoms with Crippen molar-refractivity contribution in [2.45, 2.75) is 4.84 Å². The van der Waals surface area contributed by atoms with E-state index < -0.39 is 10.1 Å². The number of carbonyl (C=O) groups is 1. The summed E-state index contributed by atoms with van der Waals surface area (Å²) < 4.78 is 0. The normalized spacial score (nSPS) is 8.00. The van der Waals surface area contributed by atoms with Crippen LogP contribution in [0, 0.1) is 0 Å². The average molecular weight is 184 g/mol. The van der Waals surface area contributed by atoms with Crippen molar-refractivity contribution in [1.82, 2.24) is 0 Å². The van der Waals surface area contributed by atoms with Gasteiger partial charge in [0.25, 0.3) is 5.24 Å². The topological polar surface area (TPSA) is 17.1 Å². The number of halogens is 4. The minimum atomic E-state index is -1.08. The summed E-state index contributed by atoms with van der Waals surface area (Å²) in [6.45, 7) is 0. The molecule has 0 saturated heterocycles. The van der Waals surface area contributed by atoms with Gasteiger partial charge in [-0.25, -0.2) is 0 Å². The summed E-state index contributed by atoms with van der Waals surface area (Å²) in [6, 6.07) is 0. The Morgan fingerprint density at radius 2 is 1.57 bits per heavy atom. The molecule has 44 valence electrons. The summed E-state index contributed by atoms with van der Waals surface area (Å²) in [5.41, 5.74) is 0. The molecule has 0 aromatic carbocycles. The molecular formula is C2H2Cl4O. The molecule has 0 amide bonds. The van der Waals surface area contributed by atoms with Gasteiger partial charge in [-0.05, 0) is 11.6 Å². The third-order valence-electron chi connectivity index (χ3n) is 0.172. The van der Waals surface area contributed by atoms with Gasteiger partial charge in [-0.3, -0.25) is 4.79 Å². The number of carbonyl (C=O) groups excluding carboxylic acids is 1. The lowest BCUT2D eigenvalue weighted by molar-refractivity contribution is -0.110. The highest BCUT2D eigenvalue weighted by Gasteiger charge is 2.04. The highest BCUT2D eigenvalue weighted by molar-refractivity contribution is 6.75. The van der Waals surface area contributed by atoms with E-state index in [2.05, 4.69) is 0 Å². The molecular weight excluding hydrogens is 182 g/mol. The van der Waals surface area contributed by atoms with Crippen molar-refractivity contribution >= 4 is 52.5 Å². The van der Waals surface area contributed by atoms with Gasteiger partial charge in [-0.2, -0.15) is 0 Å². The van der Waals surface area contributed by atoms with E-state index in [9.17, 15) is 4.79 Å². The van der Waals surface area contributed by atoms with Crippen LogP contribution in [0.3, 0.4) is 0 Å². The molecule has 0 aliphatic carbocycles. The molecule has 0 aromatic heterocycles. The van der Waals surface area contributed by atoms with E-state index in [0.29, 0.717) is 0 Å². The first-order chi connectivity index (χ1) is 2.64. The van der Waals surface area contributed by atoms with Crippen LogP contribution >= 0.6 is 47.2 Å². The maximum absolute atomic E-state index is 9.65. The van der Waals surface area contributed by atoms with Crippen LogP contribution in [0.25, 0.3) is 0 Å². The minimum Gasteiger partial charge on any atom is -0.278 e. The minimum absolute atomic E-state index is 0. The first kappa shape index (κ1) is 10.7. The molecule has 0 unspecified atom stereocenters. The molecule has 0 spiro atoms. The van der Waals surface area contributed by atoms with Gasteiger partial charge in [0.15, 0.2) is 4.84 Å². The fourth-order valence-corrected chi connectivity index (χ4v) is 0. The third kappa shape index (κ3) is 6.83. The first-order valence-electron chi connectivity index (χ1n) is 1.12. The monoisotopic (exact) mass is 182 g/mol. The number of hydrogen-bond donors (Lipinski definition) is 0. The lowest BCUT2D eigenvalue weighted by Gasteiger charge is -1.82. The molecule has 5 heteroatoms. The van der Waals surface area contributed by atoms with Gasteiger partial charge in [-0.15, -0.1) is 12.4 Å². The molecule has 0 heterocycles. The van der Waals surface area contributed by atoms with Crippen molar-refractivity contribution in [2.75, 3.05) is 0 Å². The van der Waals surface area contributed by atoms with Crippen LogP contribution in [0.2, 0.25) is 0 Å². The third-order valence-corrected chi connectivity index (χ3v) is 1.01.